The van der Waals surface area contributed by atoms with Crippen molar-refractivity contribution in [2.45, 2.75) is 51.7 Å². The summed E-state index contributed by atoms with van der Waals surface area (Å²) in [5.74, 6) is 0.0259. The van der Waals surface area contributed by atoms with Gasteiger partial charge < -0.3 is 29.0 Å². The average Bonchev–Trinajstić information content (AvgIpc) is 2.66. The van der Waals surface area contributed by atoms with Crippen molar-refractivity contribution in [1.29, 1.82) is 0 Å². The molecule has 1 N–H and O–H groups in total. The first-order valence-electron chi connectivity index (χ1n) is 10.3. The predicted molar refractivity (Wildman–Crippen MR) is 111 cm³/mol. The minimum atomic E-state index is -1.24. The molecule has 0 bridgehead atoms. The fourth-order valence-corrected chi connectivity index (χ4v) is 4.62. The lowest BCUT2D eigenvalue weighted by atomic mass is 9.93. The van der Waals surface area contributed by atoms with E-state index in [0.29, 0.717) is 42.6 Å². The van der Waals surface area contributed by atoms with Crippen molar-refractivity contribution in [2.24, 2.45) is 0 Å². The first-order valence-corrected chi connectivity index (χ1v) is 10.3. The van der Waals surface area contributed by atoms with Crippen LogP contribution in [0.5, 0.6) is 5.75 Å². The van der Waals surface area contributed by atoms with Crippen molar-refractivity contribution in [3.8, 4) is 5.75 Å². The Morgan fingerprint density at radius 1 is 1.30 bits per heavy atom. The van der Waals surface area contributed by atoms with E-state index in [1.165, 1.54) is 25.3 Å². The van der Waals surface area contributed by atoms with Crippen LogP contribution < -0.4 is 20.7 Å². The van der Waals surface area contributed by atoms with E-state index >= 15 is 0 Å². The number of likely N-dealkylation sites (tertiary alicyclic amines) is 1. The lowest BCUT2D eigenvalue weighted by Crippen LogP contribution is -2.66. The Hall–Kier alpha value is -2.61. The molecule has 0 spiro atoms. The molecule has 1 aromatic heterocycles. The zero-order valence-corrected chi connectivity index (χ0v) is 18.0. The van der Waals surface area contributed by atoms with E-state index < -0.39 is 11.9 Å². The third-order valence-electron chi connectivity index (χ3n) is 6.56. The van der Waals surface area contributed by atoms with Crippen LogP contribution in [0.2, 0.25) is 0 Å². The molecule has 0 saturated carbocycles. The zero-order chi connectivity index (χ0) is 22.1. The molecule has 0 radical (unpaired) electrons. The monoisotopic (exact) mass is 419 g/mol. The molecular formula is C22H30FN3O4. The van der Waals surface area contributed by atoms with Gasteiger partial charge in [0, 0.05) is 30.3 Å². The van der Waals surface area contributed by atoms with E-state index in [1.54, 1.807) is 10.6 Å². The summed E-state index contributed by atoms with van der Waals surface area (Å²) in [7, 11) is 1.49. The first-order chi connectivity index (χ1) is 14.1. The normalized spacial score (nSPS) is 22.1. The number of carbonyl (C=O) groups excluding carboxylic acids is 1. The number of ether oxygens (including phenoxy) is 1. The third kappa shape index (κ3) is 4.28. The van der Waals surface area contributed by atoms with Crippen LogP contribution in [0.15, 0.2) is 29.1 Å². The number of hydrogen-bond acceptors (Lipinski definition) is 4. The fraction of sp³-hybridized carbons (Fsp3) is 0.545. The summed E-state index contributed by atoms with van der Waals surface area (Å²) in [6.07, 6.45) is 0.171. The molecule has 1 saturated heterocycles. The highest BCUT2D eigenvalue weighted by Crippen LogP contribution is 2.31. The van der Waals surface area contributed by atoms with E-state index in [9.17, 15) is 19.1 Å². The topological polar surface area (TPSA) is 83.4 Å². The van der Waals surface area contributed by atoms with E-state index in [0.717, 1.165) is 17.6 Å². The van der Waals surface area contributed by atoms with Gasteiger partial charge in [-0.25, -0.2) is 4.39 Å². The molecule has 1 aliphatic heterocycles. The van der Waals surface area contributed by atoms with E-state index in [-0.39, 0.29) is 17.1 Å². The van der Waals surface area contributed by atoms with Gasteiger partial charge in [-0.2, -0.15) is 0 Å². The Morgan fingerprint density at radius 2 is 1.97 bits per heavy atom. The number of hydrogen-bond donors (Lipinski definition) is 1. The van der Waals surface area contributed by atoms with Gasteiger partial charge in [0.05, 0.1) is 44.3 Å². The summed E-state index contributed by atoms with van der Waals surface area (Å²) in [5, 5.41) is 14.0. The van der Waals surface area contributed by atoms with Gasteiger partial charge in [0.25, 0.3) is 5.56 Å². The van der Waals surface area contributed by atoms with Gasteiger partial charge in [-0.15, -0.1) is 0 Å². The number of carboxylic acid groups (broad SMARTS) is 1. The van der Waals surface area contributed by atoms with Crippen LogP contribution in [0, 0.1) is 5.82 Å². The van der Waals surface area contributed by atoms with Gasteiger partial charge in [0.15, 0.2) is 0 Å². The van der Waals surface area contributed by atoms with Crippen LogP contribution in [-0.2, 0) is 6.54 Å². The number of pyridine rings is 1. The number of rotatable bonds is 5. The summed E-state index contributed by atoms with van der Waals surface area (Å²) >= 11 is 0. The highest BCUT2D eigenvalue weighted by Gasteiger charge is 2.43. The number of methoxy groups -OCH3 is 1. The van der Waals surface area contributed by atoms with Crippen LogP contribution in [-0.4, -0.2) is 53.5 Å². The molecule has 2 heterocycles. The zero-order valence-electron chi connectivity index (χ0n) is 18.0. The molecule has 1 aromatic carbocycles. The van der Waals surface area contributed by atoms with E-state index in [2.05, 4.69) is 26.1 Å². The van der Waals surface area contributed by atoms with Crippen molar-refractivity contribution in [3.05, 3.63) is 40.4 Å². The lowest BCUT2D eigenvalue weighted by molar-refractivity contribution is -0.975. The number of amides is 1. The van der Waals surface area contributed by atoms with Crippen LogP contribution in [0.4, 0.5) is 9.18 Å². The summed E-state index contributed by atoms with van der Waals surface area (Å²) in [6, 6.07) is 5.69. The van der Waals surface area contributed by atoms with Crippen LogP contribution in [0.3, 0.4) is 0 Å². The lowest BCUT2D eigenvalue weighted by Gasteiger charge is -2.52. The Bertz CT molecular complexity index is 988. The molecule has 164 valence electrons. The van der Waals surface area contributed by atoms with Crippen LogP contribution >= 0.6 is 0 Å². The van der Waals surface area contributed by atoms with E-state index in [1.807, 2.05) is 0 Å². The molecule has 0 atom stereocenters. The van der Waals surface area contributed by atoms with Crippen molar-refractivity contribution in [3.63, 3.8) is 0 Å². The van der Waals surface area contributed by atoms with Gasteiger partial charge in [0.1, 0.15) is 17.7 Å². The maximum absolute atomic E-state index is 14.0. The van der Waals surface area contributed by atoms with Gasteiger partial charge >= 0.3 is 0 Å². The van der Waals surface area contributed by atoms with Gasteiger partial charge in [0.2, 0.25) is 0 Å². The number of nitrogens with zero attached hydrogens (tertiary/aromatic N) is 2. The van der Waals surface area contributed by atoms with Crippen molar-refractivity contribution in [2.75, 3.05) is 26.7 Å². The predicted octanol–water partition coefficient (Wildman–Crippen LogP) is 1.86. The molecule has 1 aliphatic rings. The average molecular weight is 419 g/mol. The molecular weight excluding hydrogens is 389 g/mol. The highest BCUT2D eigenvalue weighted by atomic mass is 19.1. The number of piperidine rings is 1. The second-order valence-electron chi connectivity index (χ2n) is 9.06. The van der Waals surface area contributed by atoms with Gasteiger partial charge in [-0.1, -0.05) is 0 Å². The Labute approximate surface area is 175 Å². The molecule has 1 amide bonds. The molecule has 2 aromatic rings. The molecule has 7 nitrogen and oxygen atoms in total. The summed E-state index contributed by atoms with van der Waals surface area (Å²) in [5.41, 5.74) is 0.189. The molecule has 30 heavy (non-hydrogen) atoms. The maximum Gasteiger partial charge on any atom is 0.254 e. The molecule has 8 heteroatoms. The van der Waals surface area contributed by atoms with Crippen LogP contribution in [0.1, 0.15) is 33.6 Å². The summed E-state index contributed by atoms with van der Waals surface area (Å²) < 4.78 is 21.6. The van der Waals surface area contributed by atoms with Gasteiger partial charge in [-0.3, -0.25) is 4.79 Å². The minimum Gasteiger partial charge on any atom is -0.530 e. The molecule has 0 aliphatic carbocycles. The smallest absolute Gasteiger partial charge is 0.254 e. The highest BCUT2D eigenvalue weighted by molar-refractivity contribution is 5.85. The standard InChI is InChI=1S/C22H30FN3O4/c1-22(2,3)26(10-7-16(8-11-26)24-21(28)29)12-9-25-18-13-15(23)5-6-17(18)19(30-4)14-20(25)27/h5-6,13-14,16,24H,7-12H2,1-4H3. The largest absolute Gasteiger partial charge is 0.530 e. The minimum absolute atomic E-state index is 0.0937. The molecule has 3 rings (SSSR count). The fourth-order valence-electron chi connectivity index (χ4n) is 4.62. The number of nitrogens with one attached hydrogen (secondary N) is 1. The molecule has 1 fully saturated rings. The number of carbonyl (C=O) groups is 1. The second-order valence-corrected chi connectivity index (χ2v) is 9.06. The van der Waals surface area contributed by atoms with E-state index in [4.69, 9.17) is 4.74 Å². The van der Waals surface area contributed by atoms with Gasteiger partial charge in [-0.05, 0) is 39.0 Å². The second kappa shape index (κ2) is 8.26. The first kappa shape index (κ1) is 22.1. The number of benzene rings is 1. The van der Waals surface area contributed by atoms with Crippen molar-refractivity contribution in [1.82, 2.24) is 9.88 Å². The number of quaternary nitrogens is 1. The number of halogens is 1. The number of fused-ring (bicyclic) bond motifs is 1. The van der Waals surface area contributed by atoms with Crippen molar-refractivity contribution >= 4 is 17.0 Å². The van der Waals surface area contributed by atoms with Crippen molar-refractivity contribution < 1.29 is 23.5 Å². The summed E-state index contributed by atoms with van der Waals surface area (Å²) in [4.78, 5) is 23.7. The Kier molecular flexibility index (Phi) is 6.08. The summed E-state index contributed by atoms with van der Waals surface area (Å²) in [6.45, 7) is 9.16. The third-order valence-corrected chi connectivity index (χ3v) is 6.56. The molecule has 0 unspecified atom stereocenters. The maximum atomic E-state index is 14.0. The van der Waals surface area contributed by atoms with Crippen LogP contribution in [0.25, 0.3) is 10.9 Å². The number of aromatic nitrogens is 1. The Balaban J connectivity index is 1.91. The Morgan fingerprint density at radius 3 is 2.53 bits per heavy atom. The SMILES string of the molecule is COc1cc(=O)n(CC[N+]2(C(C)(C)C)CCC(NC(=O)[O-])CC2)c2cc(F)ccc12. The quantitative estimate of drug-likeness (QED) is 0.750.